The van der Waals surface area contributed by atoms with Crippen LogP contribution >= 0.6 is 0 Å². The fourth-order valence-electron chi connectivity index (χ4n) is 2.32. The van der Waals surface area contributed by atoms with E-state index in [4.69, 9.17) is 4.74 Å². The molecule has 0 fully saturated rings. The van der Waals surface area contributed by atoms with E-state index in [2.05, 4.69) is 0 Å². The summed E-state index contributed by atoms with van der Waals surface area (Å²) in [6, 6.07) is 17.4. The van der Waals surface area contributed by atoms with Crippen LogP contribution in [0.2, 0.25) is 0 Å². The number of likely N-dealkylation sites (N-methyl/N-ethyl adjacent to an activating group) is 1. The van der Waals surface area contributed by atoms with Gasteiger partial charge in [0.1, 0.15) is 11.9 Å². The monoisotopic (exact) mass is 253 g/mol. The second kappa shape index (κ2) is 4.76. The molecule has 1 heterocycles. The number of hydrogen-bond donors (Lipinski definition) is 0. The maximum atomic E-state index is 12.3. The van der Waals surface area contributed by atoms with E-state index >= 15 is 0 Å². The summed E-state index contributed by atoms with van der Waals surface area (Å²) in [5.41, 5.74) is 1.71. The summed E-state index contributed by atoms with van der Waals surface area (Å²) < 4.78 is 6.02. The van der Waals surface area contributed by atoms with Gasteiger partial charge in [0.05, 0.1) is 12.1 Å². The van der Waals surface area contributed by atoms with Gasteiger partial charge in [-0.05, 0) is 17.7 Å². The van der Waals surface area contributed by atoms with Crippen LogP contribution in [0.3, 0.4) is 0 Å². The molecular formula is C16H15NO2. The van der Waals surface area contributed by atoms with Crippen LogP contribution in [0.15, 0.2) is 54.6 Å². The highest BCUT2D eigenvalue weighted by molar-refractivity contribution is 5.97. The Morgan fingerprint density at radius 1 is 1.05 bits per heavy atom. The highest BCUT2D eigenvalue weighted by Crippen LogP contribution is 2.30. The number of benzene rings is 2. The van der Waals surface area contributed by atoms with E-state index in [0.717, 1.165) is 5.56 Å². The molecule has 0 saturated carbocycles. The van der Waals surface area contributed by atoms with Crippen LogP contribution in [0.5, 0.6) is 5.75 Å². The van der Waals surface area contributed by atoms with Gasteiger partial charge >= 0.3 is 0 Å². The third-order valence-electron chi connectivity index (χ3n) is 3.34. The molecule has 0 spiro atoms. The third kappa shape index (κ3) is 2.19. The summed E-state index contributed by atoms with van der Waals surface area (Å²) >= 11 is 0. The van der Waals surface area contributed by atoms with Crippen molar-refractivity contribution in [2.75, 3.05) is 13.6 Å². The summed E-state index contributed by atoms with van der Waals surface area (Å²) in [6.45, 7) is 0.553. The second-order valence-electron chi connectivity index (χ2n) is 4.70. The molecule has 96 valence electrons. The molecule has 19 heavy (non-hydrogen) atoms. The second-order valence-corrected chi connectivity index (χ2v) is 4.70. The summed E-state index contributed by atoms with van der Waals surface area (Å²) in [4.78, 5) is 14.0. The van der Waals surface area contributed by atoms with Gasteiger partial charge in [0.25, 0.3) is 5.91 Å². The van der Waals surface area contributed by atoms with Crippen molar-refractivity contribution in [1.29, 1.82) is 0 Å². The quantitative estimate of drug-likeness (QED) is 0.782. The summed E-state index contributed by atoms with van der Waals surface area (Å²) in [5, 5.41) is 0. The zero-order valence-corrected chi connectivity index (χ0v) is 10.7. The smallest absolute Gasteiger partial charge is 0.257 e. The van der Waals surface area contributed by atoms with Crippen molar-refractivity contribution in [3.05, 3.63) is 65.7 Å². The molecule has 0 N–H and O–H groups in total. The summed E-state index contributed by atoms with van der Waals surface area (Å²) in [7, 11) is 1.81. The minimum absolute atomic E-state index is 0.00836. The van der Waals surface area contributed by atoms with Crippen molar-refractivity contribution >= 4 is 5.91 Å². The average molecular weight is 253 g/mol. The van der Waals surface area contributed by atoms with E-state index in [1.807, 2.05) is 61.6 Å². The number of rotatable bonds is 1. The lowest BCUT2D eigenvalue weighted by Crippen LogP contribution is -2.29. The van der Waals surface area contributed by atoms with Gasteiger partial charge in [0, 0.05) is 7.05 Å². The number of amides is 1. The van der Waals surface area contributed by atoms with Gasteiger partial charge in [-0.1, -0.05) is 42.5 Å². The van der Waals surface area contributed by atoms with Gasteiger partial charge in [0.15, 0.2) is 0 Å². The van der Waals surface area contributed by atoms with Gasteiger partial charge < -0.3 is 9.64 Å². The molecule has 3 nitrogen and oxygen atoms in total. The molecule has 0 aromatic heterocycles. The van der Waals surface area contributed by atoms with Crippen LogP contribution in [-0.4, -0.2) is 24.4 Å². The number of nitrogens with zero attached hydrogens (tertiary/aromatic N) is 1. The standard InChI is InChI=1S/C16H15NO2/c1-17-11-15(12-7-3-2-4-8-12)19-14-10-6-5-9-13(14)16(17)18/h2-10,15H,11H2,1H3. The molecule has 1 atom stereocenters. The zero-order chi connectivity index (χ0) is 13.2. The van der Waals surface area contributed by atoms with E-state index in [1.54, 1.807) is 4.90 Å². The Morgan fingerprint density at radius 3 is 2.53 bits per heavy atom. The topological polar surface area (TPSA) is 29.5 Å². The highest BCUT2D eigenvalue weighted by Gasteiger charge is 2.27. The maximum absolute atomic E-state index is 12.3. The van der Waals surface area contributed by atoms with Crippen LogP contribution in [0.1, 0.15) is 22.0 Å². The molecule has 0 bridgehead atoms. The largest absolute Gasteiger partial charge is 0.483 e. The van der Waals surface area contributed by atoms with E-state index in [0.29, 0.717) is 17.9 Å². The van der Waals surface area contributed by atoms with Gasteiger partial charge in [0.2, 0.25) is 0 Å². The van der Waals surface area contributed by atoms with Crippen molar-refractivity contribution in [3.63, 3.8) is 0 Å². The number of ether oxygens (including phenoxy) is 1. The fourth-order valence-corrected chi connectivity index (χ4v) is 2.32. The molecule has 1 amide bonds. The van der Waals surface area contributed by atoms with Crippen LogP contribution in [0.25, 0.3) is 0 Å². The molecule has 1 aliphatic rings. The Balaban J connectivity index is 2.01. The molecule has 1 aliphatic heterocycles. The van der Waals surface area contributed by atoms with Crippen molar-refractivity contribution in [1.82, 2.24) is 4.90 Å². The Labute approximate surface area is 112 Å². The van der Waals surface area contributed by atoms with Crippen LogP contribution in [-0.2, 0) is 0 Å². The third-order valence-corrected chi connectivity index (χ3v) is 3.34. The van der Waals surface area contributed by atoms with Crippen molar-refractivity contribution < 1.29 is 9.53 Å². The molecule has 0 saturated heterocycles. The number of carbonyl (C=O) groups excluding carboxylic acids is 1. The molecular weight excluding hydrogens is 238 g/mol. The zero-order valence-electron chi connectivity index (χ0n) is 10.7. The first kappa shape index (κ1) is 11.8. The maximum Gasteiger partial charge on any atom is 0.257 e. The van der Waals surface area contributed by atoms with Gasteiger partial charge in [-0.2, -0.15) is 0 Å². The lowest BCUT2D eigenvalue weighted by Gasteiger charge is -2.20. The first-order valence-corrected chi connectivity index (χ1v) is 6.32. The minimum Gasteiger partial charge on any atom is -0.483 e. The first-order valence-electron chi connectivity index (χ1n) is 6.32. The summed E-state index contributed by atoms with van der Waals surface area (Å²) in [6.07, 6.45) is -0.126. The lowest BCUT2D eigenvalue weighted by molar-refractivity contribution is 0.0761. The molecule has 0 aliphatic carbocycles. The highest BCUT2D eigenvalue weighted by atomic mass is 16.5. The molecule has 2 aromatic carbocycles. The lowest BCUT2D eigenvalue weighted by atomic mass is 10.1. The van der Waals surface area contributed by atoms with E-state index < -0.39 is 0 Å². The van der Waals surface area contributed by atoms with Gasteiger partial charge in [-0.3, -0.25) is 4.79 Å². The average Bonchev–Trinajstić information content (AvgIpc) is 2.58. The molecule has 1 unspecified atom stereocenters. The molecule has 0 radical (unpaired) electrons. The summed E-state index contributed by atoms with van der Waals surface area (Å²) in [5.74, 6) is 0.666. The number of fused-ring (bicyclic) bond motifs is 1. The SMILES string of the molecule is CN1CC(c2ccccc2)Oc2ccccc2C1=O. The number of para-hydroxylation sites is 1. The van der Waals surface area contributed by atoms with Crippen molar-refractivity contribution in [3.8, 4) is 5.75 Å². The molecule has 2 aromatic rings. The van der Waals surface area contributed by atoms with Gasteiger partial charge in [-0.15, -0.1) is 0 Å². The van der Waals surface area contributed by atoms with Crippen molar-refractivity contribution in [2.24, 2.45) is 0 Å². The Bertz CT molecular complexity index is 595. The van der Waals surface area contributed by atoms with E-state index in [-0.39, 0.29) is 12.0 Å². The number of carbonyl (C=O) groups is 1. The minimum atomic E-state index is -0.126. The first-order chi connectivity index (χ1) is 9.25. The van der Waals surface area contributed by atoms with E-state index in [1.165, 1.54) is 0 Å². The van der Waals surface area contributed by atoms with E-state index in [9.17, 15) is 4.79 Å². The fraction of sp³-hybridized carbons (Fsp3) is 0.188. The van der Waals surface area contributed by atoms with Crippen LogP contribution in [0, 0.1) is 0 Å². The molecule has 3 rings (SSSR count). The predicted molar refractivity (Wildman–Crippen MR) is 73.2 cm³/mol. The molecule has 3 heteroatoms. The van der Waals surface area contributed by atoms with Crippen LogP contribution < -0.4 is 4.74 Å². The number of hydrogen-bond acceptors (Lipinski definition) is 2. The Hall–Kier alpha value is -2.29. The normalized spacial score (nSPS) is 18.5. The Morgan fingerprint density at radius 2 is 1.74 bits per heavy atom. The predicted octanol–water partition coefficient (Wildman–Crippen LogP) is 2.89. The Kier molecular flexibility index (Phi) is 2.95. The van der Waals surface area contributed by atoms with Crippen molar-refractivity contribution in [2.45, 2.75) is 6.10 Å². The van der Waals surface area contributed by atoms with Crippen LogP contribution in [0.4, 0.5) is 0 Å². The van der Waals surface area contributed by atoms with Gasteiger partial charge in [-0.25, -0.2) is 0 Å².